The summed E-state index contributed by atoms with van der Waals surface area (Å²) in [7, 11) is 0. The van der Waals surface area contributed by atoms with E-state index in [0.29, 0.717) is 0 Å². The molecule has 2 heteroatoms. The molecular formula is C16H15NO. The maximum Gasteiger partial charge on any atom is 0.166 e. The quantitative estimate of drug-likeness (QED) is 0.773. The van der Waals surface area contributed by atoms with E-state index in [9.17, 15) is 4.79 Å². The van der Waals surface area contributed by atoms with Gasteiger partial charge in [-0.15, -0.1) is 0 Å². The van der Waals surface area contributed by atoms with Crippen molar-refractivity contribution in [2.45, 2.75) is 13.3 Å². The van der Waals surface area contributed by atoms with Gasteiger partial charge in [0.2, 0.25) is 0 Å². The fourth-order valence-corrected chi connectivity index (χ4v) is 2.64. The number of Topliss-reactive ketones (excluding diaryl/α,β-unsaturated/α-hetero) is 1. The number of nitrogens with two attached hydrogens (primary N) is 1. The summed E-state index contributed by atoms with van der Waals surface area (Å²) in [6.45, 7) is 2.00. The maximum atomic E-state index is 12.0. The number of fused-ring (bicyclic) bond motifs is 1. The number of carbonyl (C=O) groups is 1. The molecule has 18 heavy (non-hydrogen) atoms. The second-order valence-electron chi connectivity index (χ2n) is 4.92. The van der Waals surface area contributed by atoms with Crippen molar-refractivity contribution < 1.29 is 4.79 Å². The van der Waals surface area contributed by atoms with Gasteiger partial charge in [0.25, 0.3) is 0 Å². The standard InChI is InChI=1S/C16H15NO/c1-10-9-15-13(3-2-4-14(15)16(10)18)11-5-7-12(17)8-6-11/h2-8,10H,9,17H2,1H3. The molecule has 0 fully saturated rings. The van der Waals surface area contributed by atoms with Gasteiger partial charge in [-0.25, -0.2) is 0 Å². The Morgan fingerprint density at radius 1 is 1.06 bits per heavy atom. The van der Waals surface area contributed by atoms with E-state index in [0.717, 1.165) is 28.8 Å². The normalized spacial score (nSPS) is 17.8. The first-order valence-corrected chi connectivity index (χ1v) is 6.19. The molecule has 1 aliphatic rings. The molecular weight excluding hydrogens is 222 g/mol. The van der Waals surface area contributed by atoms with Crippen LogP contribution in [0.4, 0.5) is 5.69 Å². The van der Waals surface area contributed by atoms with Crippen molar-refractivity contribution in [3.63, 3.8) is 0 Å². The predicted molar refractivity (Wildman–Crippen MR) is 73.5 cm³/mol. The van der Waals surface area contributed by atoms with E-state index >= 15 is 0 Å². The number of ketones is 1. The highest BCUT2D eigenvalue weighted by atomic mass is 16.1. The summed E-state index contributed by atoms with van der Waals surface area (Å²) in [5.41, 5.74) is 10.8. The minimum Gasteiger partial charge on any atom is -0.399 e. The van der Waals surface area contributed by atoms with E-state index in [-0.39, 0.29) is 11.7 Å². The Morgan fingerprint density at radius 2 is 1.72 bits per heavy atom. The highest BCUT2D eigenvalue weighted by Gasteiger charge is 2.28. The van der Waals surface area contributed by atoms with Crippen LogP contribution in [0.25, 0.3) is 11.1 Å². The molecule has 2 N–H and O–H groups in total. The van der Waals surface area contributed by atoms with E-state index in [1.165, 1.54) is 5.56 Å². The lowest BCUT2D eigenvalue weighted by Gasteiger charge is -2.08. The molecule has 0 heterocycles. The minimum atomic E-state index is 0.106. The molecule has 1 atom stereocenters. The molecule has 0 radical (unpaired) electrons. The van der Waals surface area contributed by atoms with E-state index in [2.05, 4.69) is 6.07 Å². The molecule has 2 nitrogen and oxygen atoms in total. The molecule has 0 spiro atoms. The minimum absolute atomic E-state index is 0.106. The van der Waals surface area contributed by atoms with Crippen LogP contribution < -0.4 is 5.73 Å². The number of rotatable bonds is 1. The van der Waals surface area contributed by atoms with Gasteiger partial charge in [0, 0.05) is 17.2 Å². The third kappa shape index (κ3) is 1.61. The highest BCUT2D eigenvalue weighted by Crippen LogP contribution is 2.34. The Balaban J connectivity index is 2.15. The second kappa shape index (κ2) is 3.98. The zero-order valence-corrected chi connectivity index (χ0v) is 10.3. The van der Waals surface area contributed by atoms with Crippen LogP contribution in [0, 0.1) is 5.92 Å². The van der Waals surface area contributed by atoms with Gasteiger partial charge >= 0.3 is 0 Å². The molecule has 3 rings (SSSR count). The molecule has 0 saturated heterocycles. The molecule has 0 aliphatic heterocycles. The van der Waals surface area contributed by atoms with Crippen LogP contribution in [-0.4, -0.2) is 5.78 Å². The summed E-state index contributed by atoms with van der Waals surface area (Å²) in [4.78, 5) is 12.0. The van der Waals surface area contributed by atoms with E-state index in [4.69, 9.17) is 5.73 Å². The fraction of sp³-hybridized carbons (Fsp3) is 0.188. The van der Waals surface area contributed by atoms with Gasteiger partial charge in [-0.1, -0.05) is 37.3 Å². The SMILES string of the molecule is CC1Cc2c(cccc2-c2ccc(N)cc2)C1=O. The van der Waals surface area contributed by atoms with Crippen LogP contribution in [0.1, 0.15) is 22.8 Å². The van der Waals surface area contributed by atoms with Gasteiger partial charge < -0.3 is 5.73 Å². The van der Waals surface area contributed by atoms with Crippen LogP contribution in [0.2, 0.25) is 0 Å². The van der Waals surface area contributed by atoms with Crippen LogP contribution >= 0.6 is 0 Å². The van der Waals surface area contributed by atoms with Gasteiger partial charge in [-0.05, 0) is 35.2 Å². The Morgan fingerprint density at radius 3 is 2.44 bits per heavy atom. The van der Waals surface area contributed by atoms with Crippen LogP contribution in [-0.2, 0) is 6.42 Å². The van der Waals surface area contributed by atoms with Crippen molar-refractivity contribution in [1.29, 1.82) is 0 Å². The van der Waals surface area contributed by atoms with Gasteiger partial charge in [0.15, 0.2) is 5.78 Å². The van der Waals surface area contributed by atoms with E-state index < -0.39 is 0 Å². The molecule has 2 aromatic rings. The Kier molecular flexibility index (Phi) is 2.44. The average molecular weight is 237 g/mol. The maximum absolute atomic E-state index is 12.0. The summed E-state index contributed by atoms with van der Waals surface area (Å²) >= 11 is 0. The third-order valence-corrected chi connectivity index (χ3v) is 3.62. The number of carbonyl (C=O) groups excluding carboxylic acids is 1. The average Bonchev–Trinajstić information content (AvgIpc) is 2.67. The molecule has 90 valence electrons. The van der Waals surface area contributed by atoms with Gasteiger partial charge in [-0.3, -0.25) is 4.79 Å². The molecule has 0 saturated carbocycles. The summed E-state index contributed by atoms with van der Waals surface area (Å²) in [5, 5.41) is 0. The molecule has 2 aromatic carbocycles. The van der Waals surface area contributed by atoms with E-state index in [1.54, 1.807) is 0 Å². The Bertz CT molecular complexity index is 613. The molecule has 1 unspecified atom stereocenters. The van der Waals surface area contributed by atoms with Gasteiger partial charge in [0.1, 0.15) is 0 Å². The Hall–Kier alpha value is -2.09. The number of nitrogen functional groups attached to an aromatic ring is 1. The fourth-order valence-electron chi connectivity index (χ4n) is 2.64. The zero-order chi connectivity index (χ0) is 12.7. The summed E-state index contributed by atoms with van der Waals surface area (Å²) < 4.78 is 0. The first-order valence-electron chi connectivity index (χ1n) is 6.19. The third-order valence-electron chi connectivity index (χ3n) is 3.62. The van der Waals surface area contributed by atoms with Crippen LogP contribution in [0.3, 0.4) is 0 Å². The first kappa shape index (κ1) is 11.0. The van der Waals surface area contributed by atoms with E-state index in [1.807, 2.05) is 43.3 Å². The predicted octanol–water partition coefficient (Wildman–Crippen LogP) is 3.31. The monoisotopic (exact) mass is 237 g/mol. The topological polar surface area (TPSA) is 43.1 Å². The lowest BCUT2D eigenvalue weighted by molar-refractivity contribution is 0.0946. The lowest BCUT2D eigenvalue weighted by atomic mass is 9.96. The molecule has 0 bridgehead atoms. The zero-order valence-electron chi connectivity index (χ0n) is 10.3. The van der Waals surface area contributed by atoms with Crippen molar-refractivity contribution in [3.05, 3.63) is 53.6 Å². The molecule has 0 amide bonds. The summed E-state index contributed by atoms with van der Waals surface area (Å²) in [6.07, 6.45) is 0.842. The number of hydrogen-bond donors (Lipinski definition) is 1. The largest absolute Gasteiger partial charge is 0.399 e. The van der Waals surface area contributed by atoms with Gasteiger partial charge in [0.05, 0.1) is 0 Å². The smallest absolute Gasteiger partial charge is 0.166 e. The first-order chi connectivity index (χ1) is 8.66. The number of anilines is 1. The second-order valence-corrected chi connectivity index (χ2v) is 4.92. The number of hydrogen-bond acceptors (Lipinski definition) is 2. The van der Waals surface area contributed by atoms with Crippen LogP contribution in [0.5, 0.6) is 0 Å². The summed E-state index contributed by atoms with van der Waals surface area (Å²) in [5.74, 6) is 0.372. The van der Waals surface area contributed by atoms with Crippen molar-refractivity contribution >= 4 is 11.5 Å². The number of benzene rings is 2. The van der Waals surface area contributed by atoms with Crippen molar-refractivity contribution in [3.8, 4) is 11.1 Å². The van der Waals surface area contributed by atoms with Gasteiger partial charge in [-0.2, -0.15) is 0 Å². The van der Waals surface area contributed by atoms with Crippen molar-refractivity contribution in [2.24, 2.45) is 5.92 Å². The highest BCUT2D eigenvalue weighted by molar-refractivity contribution is 6.03. The van der Waals surface area contributed by atoms with Crippen molar-refractivity contribution in [1.82, 2.24) is 0 Å². The Labute approximate surface area is 106 Å². The summed E-state index contributed by atoms with van der Waals surface area (Å²) in [6, 6.07) is 13.8. The molecule has 1 aliphatic carbocycles. The van der Waals surface area contributed by atoms with Crippen LogP contribution in [0.15, 0.2) is 42.5 Å². The van der Waals surface area contributed by atoms with Crippen molar-refractivity contribution in [2.75, 3.05) is 5.73 Å². The molecule has 0 aromatic heterocycles. The lowest BCUT2D eigenvalue weighted by Crippen LogP contribution is -2.02.